The van der Waals surface area contributed by atoms with Gasteiger partial charge in [-0.2, -0.15) is 0 Å². The number of carbonyl (C=O) groups excluding carboxylic acids is 2. The zero-order valence-corrected chi connectivity index (χ0v) is 16.3. The van der Waals surface area contributed by atoms with E-state index in [9.17, 15) is 9.59 Å². The molecule has 2 heterocycles. The molecule has 3 aromatic rings. The molecule has 3 N–H and O–H groups in total. The van der Waals surface area contributed by atoms with Crippen molar-refractivity contribution in [3.8, 4) is 22.9 Å². The zero-order valence-electron chi connectivity index (χ0n) is 14.8. The Balaban J connectivity index is 1.26. The van der Waals surface area contributed by atoms with Crippen LogP contribution in [0.5, 0.6) is 11.5 Å². The second kappa shape index (κ2) is 8.41. The molecule has 0 aliphatic carbocycles. The smallest absolute Gasteiger partial charge is 0.325 e. The minimum Gasteiger partial charge on any atom is -0.454 e. The first-order valence-corrected chi connectivity index (χ1v) is 9.75. The van der Waals surface area contributed by atoms with Gasteiger partial charge in [0.1, 0.15) is 0 Å². The number of hydrogen-bond donors (Lipinski definition) is 3. The number of imide groups is 1. The summed E-state index contributed by atoms with van der Waals surface area (Å²) in [6.45, 7) is 0.141. The Hall–Kier alpha value is -3.24. The number of hydrogen-bond acceptors (Lipinski definition) is 7. The molecule has 148 valence electrons. The van der Waals surface area contributed by atoms with Crippen LogP contribution in [0.15, 0.2) is 47.6 Å². The maximum absolute atomic E-state index is 12.0. The fourth-order valence-electron chi connectivity index (χ4n) is 2.48. The summed E-state index contributed by atoms with van der Waals surface area (Å²) in [4.78, 5) is 28.3. The lowest BCUT2D eigenvalue weighted by Gasteiger charge is -2.07. The summed E-state index contributed by atoms with van der Waals surface area (Å²) in [6, 6.07) is 11.4. The van der Waals surface area contributed by atoms with Crippen LogP contribution in [0.1, 0.15) is 0 Å². The summed E-state index contributed by atoms with van der Waals surface area (Å²) in [5.41, 5.74) is 1.30. The largest absolute Gasteiger partial charge is 0.454 e. The molecule has 0 bridgehead atoms. The van der Waals surface area contributed by atoms with Gasteiger partial charge in [0, 0.05) is 22.3 Å². The third-order valence-electron chi connectivity index (χ3n) is 3.80. The molecule has 1 aromatic heterocycles. The van der Waals surface area contributed by atoms with Crippen molar-refractivity contribution in [1.82, 2.24) is 20.5 Å². The van der Waals surface area contributed by atoms with Gasteiger partial charge >= 0.3 is 6.03 Å². The highest BCUT2D eigenvalue weighted by Crippen LogP contribution is 2.34. The van der Waals surface area contributed by atoms with Crippen molar-refractivity contribution in [2.45, 2.75) is 5.16 Å². The van der Waals surface area contributed by atoms with Crippen molar-refractivity contribution in [1.29, 1.82) is 0 Å². The highest BCUT2D eigenvalue weighted by atomic mass is 35.5. The lowest BCUT2D eigenvalue weighted by Crippen LogP contribution is -2.35. The van der Waals surface area contributed by atoms with E-state index >= 15 is 0 Å². The zero-order chi connectivity index (χ0) is 20.2. The van der Waals surface area contributed by atoms with Crippen LogP contribution < -0.4 is 20.1 Å². The first kappa shape index (κ1) is 19.1. The van der Waals surface area contributed by atoms with Gasteiger partial charge in [-0.15, -0.1) is 5.10 Å². The Morgan fingerprint density at radius 1 is 1.14 bits per heavy atom. The molecular formula is C18H14ClN5O4S. The summed E-state index contributed by atoms with van der Waals surface area (Å²) in [5, 5.41) is 12.7. The van der Waals surface area contributed by atoms with Crippen LogP contribution in [0.2, 0.25) is 5.02 Å². The maximum atomic E-state index is 12.0. The Labute approximate surface area is 174 Å². The molecule has 1 aliphatic rings. The van der Waals surface area contributed by atoms with E-state index in [0.717, 1.165) is 17.3 Å². The van der Waals surface area contributed by atoms with Crippen LogP contribution in [-0.2, 0) is 4.79 Å². The van der Waals surface area contributed by atoms with Crippen LogP contribution in [-0.4, -0.2) is 39.7 Å². The normalized spacial score (nSPS) is 11.9. The van der Waals surface area contributed by atoms with E-state index in [4.69, 9.17) is 21.1 Å². The summed E-state index contributed by atoms with van der Waals surface area (Å²) >= 11 is 6.97. The summed E-state index contributed by atoms with van der Waals surface area (Å²) in [7, 11) is 0. The molecule has 1 aliphatic heterocycles. The average molecular weight is 432 g/mol. The lowest BCUT2D eigenvalue weighted by molar-refractivity contribution is -0.117. The summed E-state index contributed by atoms with van der Waals surface area (Å²) in [5.74, 6) is 1.20. The molecule has 0 unspecified atom stereocenters. The van der Waals surface area contributed by atoms with E-state index in [0.29, 0.717) is 33.2 Å². The molecule has 0 saturated carbocycles. The van der Waals surface area contributed by atoms with Crippen LogP contribution in [0.25, 0.3) is 11.4 Å². The van der Waals surface area contributed by atoms with Gasteiger partial charge in [0.2, 0.25) is 17.9 Å². The number of aromatic nitrogens is 3. The number of urea groups is 1. The number of anilines is 1. The van der Waals surface area contributed by atoms with Gasteiger partial charge < -0.3 is 14.8 Å². The third kappa shape index (κ3) is 4.79. The molecule has 0 atom stereocenters. The number of nitrogens with one attached hydrogen (secondary N) is 3. The Morgan fingerprint density at radius 2 is 1.93 bits per heavy atom. The quantitative estimate of drug-likeness (QED) is 0.530. The van der Waals surface area contributed by atoms with Gasteiger partial charge in [-0.3, -0.25) is 15.2 Å². The number of fused-ring (bicyclic) bond motifs is 1. The standard InChI is InChI=1S/C18H14ClN5O4S/c19-11-3-1-10(2-4-11)16-22-18(24-23-16)29-8-15(25)21-17(26)20-12-5-6-13-14(7-12)28-9-27-13/h1-7H,8-9H2,(H,22,23,24)(H2,20,21,25,26). The second-order valence-corrected chi connectivity index (χ2v) is 7.21. The summed E-state index contributed by atoms with van der Waals surface area (Å²) in [6.07, 6.45) is 0. The molecule has 0 radical (unpaired) electrons. The monoisotopic (exact) mass is 431 g/mol. The molecule has 0 fully saturated rings. The van der Waals surface area contributed by atoms with Crippen molar-refractivity contribution in [2.24, 2.45) is 0 Å². The predicted octanol–water partition coefficient (Wildman–Crippen LogP) is 3.29. The van der Waals surface area contributed by atoms with Crippen molar-refractivity contribution in [3.63, 3.8) is 0 Å². The van der Waals surface area contributed by atoms with Crippen LogP contribution in [0.4, 0.5) is 10.5 Å². The summed E-state index contributed by atoms with van der Waals surface area (Å²) < 4.78 is 10.4. The van der Waals surface area contributed by atoms with Gasteiger partial charge in [0.05, 0.1) is 5.75 Å². The van der Waals surface area contributed by atoms with Crippen LogP contribution in [0.3, 0.4) is 0 Å². The minimum atomic E-state index is -0.647. The number of amides is 3. The fourth-order valence-corrected chi connectivity index (χ4v) is 3.20. The number of ether oxygens (including phenoxy) is 2. The van der Waals surface area contributed by atoms with Crippen molar-refractivity contribution < 1.29 is 19.1 Å². The van der Waals surface area contributed by atoms with Crippen molar-refractivity contribution >= 4 is 41.0 Å². The number of halogens is 1. The Kier molecular flexibility index (Phi) is 5.54. The van der Waals surface area contributed by atoms with Crippen molar-refractivity contribution in [3.05, 3.63) is 47.5 Å². The number of thioether (sulfide) groups is 1. The lowest BCUT2D eigenvalue weighted by atomic mass is 10.2. The first-order chi connectivity index (χ1) is 14.1. The predicted molar refractivity (Wildman–Crippen MR) is 107 cm³/mol. The second-order valence-electron chi connectivity index (χ2n) is 5.83. The molecule has 3 amide bonds. The minimum absolute atomic E-state index is 0.0214. The molecule has 0 spiro atoms. The molecule has 11 heteroatoms. The Bertz CT molecular complexity index is 1060. The highest BCUT2D eigenvalue weighted by molar-refractivity contribution is 7.99. The SMILES string of the molecule is O=C(CSc1n[nH]c(-c2ccc(Cl)cc2)n1)NC(=O)Nc1ccc2c(c1)OCO2. The number of H-pyrrole nitrogens is 1. The Morgan fingerprint density at radius 3 is 2.76 bits per heavy atom. The molecule has 9 nitrogen and oxygen atoms in total. The van der Waals surface area contributed by atoms with E-state index in [1.165, 1.54) is 0 Å². The fraction of sp³-hybridized carbons (Fsp3) is 0.111. The van der Waals surface area contributed by atoms with Gasteiger partial charge in [0.15, 0.2) is 17.3 Å². The van der Waals surface area contributed by atoms with Gasteiger partial charge in [-0.25, -0.2) is 9.78 Å². The van der Waals surface area contributed by atoms with Crippen LogP contribution in [0, 0.1) is 0 Å². The van der Waals surface area contributed by atoms with Crippen LogP contribution >= 0.6 is 23.4 Å². The third-order valence-corrected chi connectivity index (χ3v) is 4.90. The molecule has 4 rings (SSSR count). The topological polar surface area (TPSA) is 118 Å². The van der Waals surface area contributed by atoms with E-state index < -0.39 is 11.9 Å². The molecule has 29 heavy (non-hydrogen) atoms. The number of aromatic amines is 1. The molecule has 2 aromatic carbocycles. The average Bonchev–Trinajstić information content (AvgIpc) is 3.36. The van der Waals surface area contributed by atoms with E-state index in [1.807, 2.05) is 12.1 Å². The van der Waals surface area contributed by atoms with E-state index in [2.05, 4.69) is 25.8 Å². The first-order valence-electron chi connectivity index (χ1n) is 8.38. The highest BCUT2D eigenvalue weighted by Gasteiger charge is 2.15. The number of rotatable bonds is 5. The van der Waals surface area contributed by atoms with E-state index in [-0.39, 0.29) is 12.5 Å². The van der Waals surface area contributed by atoms with Gasteiger partial charge in [-0.1, -0.05) is 23.4 Å². The maximum Gasteiger partial charge on any atom is 0.325 e. The number of carbonyl (C=O) groups is 2. The molecule has 0 saturated heterocycles. The molecular weight excluding hydrogens is 418 g/mol. The van der Waals surface area contributed by atoms with Crippen molar-refractivity contribution in [2.75, 3.05) is 17.9 Å². The number of nitrogens with zero attached hydrogens (tertiary/aromatic N) is 2. The van der Waals surface area contributed by atoms with E-state index in [1.54, 1.807) is 30.3 Å². The van der Waals surface area contributed by atoms with Gasteiger partial charge in [0.25, 0.3) is 0 Å². The van der Waals surface area contributed by atoms with Gasteiger partial charge in [-0.05, 0) is 36.4 Å². The number of benzene rings is 2.